The third kappa shape index (κ3) is 2.81. The predicted molar refractivity (Wildman–Crippen MR) is 54.2 cm³/mol. The Balaban J connectivity index is 2.81. The fourth-order valence-electron chi connectivity index (χ4n) is 0.974. The molecule has 0 saturated carbocycles. The number of hydrogen-bond donors (Lipinski definition) is 2. The van der Waals surface area contributed by atoms with Crippen LogP contribution in [0.5, 0.6) is 0 Å². The number of anilines is 1. The van der Waals surface area contributed by atoms with Crippen LogP contribution in [0.25, 0.3) is 0 Å². The van der Waals surface area contributed by atoms with Gasteiger partial charge in [0, 0.05) is 17.7 Å². The van der Waals surface area contributed by atoms with Crippen molar-refractivity contribution in [2.24, 2.45) is 0 Å². The van der Waals surface area contributed by atoms with Gasteiger partial charge in [-0.25, -0.2) is 0 Å². The molecule has 3 N–H and O–H groups in total. The molecule has 2 heteroatoms. The van der Waals surface area contributed by atoms with E-state index in [4.69, 9.17) is 10.8 Å². The molecular weight excluding hydrogens is 162 g/mol. The van der Waals surface area contributed by atoms with Gasteiger partial charge in [-0.2, -0.15) is 0 Å². The molecule has 1 rings (SSSR count). The summed E-state index contributed by atoms with van der Waals surface area (Å²) < 4.78 is 0. The summed E-state index contributed by atoms with van der Waals surface area (Å²) in [6, 6.07) is 5.67. The van der Waals surface area contributed by atoms with Gasteiger partial charge in [0.05, 0.1) is 6.61 Å². The van der Waals surface area contributed by atoms with Crippen molar-refractivity contribution < 1.29 is 5.11 Å². The summed E-state index contributed by atoms with van der Waals surface area (Å²) in [4.78, 5) is 0. The molecule has 0 heterocycles. The standard InChI is InChI=1S/C11H13NO/c1-9-8-10(4-2-3-7-13)5-6-11(9)12/h5-6,8,13H,3,7,12H2,1H3. The Hall–Kier alpha value is -1.46. The third-order valence-corrected chi connectivity index (χ3v) is 1.74. The van der Waals surface area contributed by atoms with E-state index in [1.54, 1.807) is 0 Å². The Kier molecular flexibility index (Phi) is 3.36. The number of nitrogen functional groups attached to an aromatic ring is 1. The lowest BCUT2D eigenvalue weighted by atomic mass is 10.1. The summed E-state index contributed by atoms with van der Waals surface area (Å²) in [6.07, 6.45) is 0.517. The summed E-state index contributed by atoms with van der Waals surface area (Å²) in [7, 11) is 0. The molecule has 0 aromatic heterocycles. The second-order valence-corrected chi connectivity index (χ2v) is 2.85. The summed E-state index contributed by atoms with van der Waals surface area (Å²) in [6.45, 7) is 2.06. The summed E-state index contributed by atoms with van der Waals surface area (Å²) in [5, 5.41) is 8.52. The van der Waals surface area contributed by atoms with Crippen molar-refractivity contribution in [3.05, 3.63) is 29.3 Å². The minimum absolute atomic E-state index is 0.112. The van der Waals surface area contributed by atoms with Gasteiger partial charge in [0.1, 0.15) is 0 Å². The van der Waals surface area contributed by atoms with Crippen LogP contribution >= 0.6 is 0 Å². The maximum atomic E-state index is 8.52. The monoisotopic (exact) mass is 175 g/mol. The fourth-order valence-corrected chi connectivity index (χ4v) is 0.974. The number of benzene rings is 1. The highest BCUT2D eigenvalue weighted by molar-refractivity contribution is 5.51. The number of rotatable bonds is 1. The van der Waals surface area contributed by atoms with Gasteiger partial charge in [-0.15, -0.1) is 0 Å². The molecule has 1 aromatic carbocycles. The molecule has 0 atom stereocenters. The predicted octanol–water partition coefficient (Wildman–Crippen LogP) is 1.31. The zero-order valence-corrected chi connectivity index (χ0v) is 7.67. The normalized spacial score (nSPS) is 9.08. The topological polar surface area (TPSA) is 46.2 Å². The molecule has 0 fully saturated rings. The number of hydrogen-bond acceptors (Lipinski definition) is 2. The maximum Gasteiger partial charge on any atom is 0.0540 e. The van der Waals surface area contributed by atoms with Crippen LogP contribution in [-0.4, -0.2) is 11.7 Å². The maximum absolute atomic E-state index is 8.52. The van der Waals surface area contributed by atoms with Crippen LogP contribution in [0.15, 0.2) is 18.2 Å². The second kappa shape index (κ2) is 4.54. The first-order valence-electron chi connectivity index (χ1n) is 4.20. The average Bonchev–Trinajstić information content (AvgIpc) is 2.12. The second-order valence-electron chi connectivity index (χ2n) is 2.85. The van der Waals surface area contributed by atoms with E-state index < -0.39 is 0 Å². The zero-order chi connectivity index (χ0) is 9.68. The van der Waals surface area contributed by atoms with Gasteiger partial charge in [0.15, 0.2) is 0 Å². The molecule has 2 nitrogen and oxygen atoms in total. The molecule has 13 heavy (non-hydrogen) atoms. The lowest BCUT2D eigenvalue weighted by Crippen LogP contribution is -1.89. The number of nitrogens with two attached hydrogens (primary N) is 1. The summed E-state index contributed by atoms with van der Waals surface area (Å²) in [5.41, 5.74) is 8.42. The molecule has 1 aromatic rings. The molecule has 0 aliphatic rings. The molecule has 0 spiro atoms. The molecule has 0 aliphatic heterocycles. The molecule has 0 saturated heterocycles. The Morgan fingerprint density at radius 2 is 2.23 bits per heavy atom. The fraction of sp³-hybridized carbons (Fsp3) is 0.273. The SMILES string of the molecule is Cc1cc(C#CCCO)ccc1N. The number of aryl methyl sites for hydroxylation is 1. The Morgan fingerprint density at radius 3 is 2.85 bits per heavy atom. The first kappa shape index (κ1) is 9.63. The van der Waals surface area contributed by atoms with Crippen molar-refractivity contribution in [3.63, 3.8) is 0 Å². The molecule has 0 bridgehead atoms. The van der Waals surface area contributed by atoms with Crippen LogP contribution < -0.4 is 5.73 Å². The van der Waals surface area contributed by atoms with Crippen molar-refractivity contribution in [3.8, 4) is 11.8 Å². The lowest BCUT2D eigenvalue weighted by molar-refractivity contribution is 0.305. The van der Waals surface area contributed by atoms with Gasteiger partial charge in [0.2, 0.25) is 0 Å². The van der Waals surface area contributed by atoms with Crippen molar-refractivity contribution in [1.29, 1.82) is 0 Å². The minimum atomic E-state index is 0.112. The van der Waals surface area contributed by atoms with E-state index in [1.807, 2.05) is 25.1 Å². The van der Waals surface area contributed by atoms with E-state index >= 15 is 0 Å². The van der Waals surface area contributed by atoms with Crippen molar-refractivity contribution >= 4 is 5.69 Å². The number of aliphatic hydroxyl groups is 1. The molecule has 0 unspecified atom stereocenters. The van der Waals surface area contributed by atoms with E-state index in [-0.39, 0.29) is 6.61 Å². The van der Waals surface area contributed by atoms with Crippen molar-refractivity contribution in [2.75, 3.05) is 12.3 Å². The van der Waals surface area contributed by atoms with Gasteiger partial charge >= 0.3 is 0 Å². The van der Waals surface area contributed by atoms with Crippen molar-refractivity contribution in [1.82, 2.24) is 0 Å². The van der Waals surface area contributed by atoms with Gasteiger partial charge in [0.25, 0.3) is 0 Å². The Labute approximate surface area is 78.4 Å². The van der Waals surface area contributed by atoms with Gasteiger partial charge < -0.3 is 10.8 Å². The smallest absolute Gasteiger partial charge is 0.0540 e. The van der Waals surface area contributed by atoms with E-state index in [9.17, 15) is 0 Å². The van der Waals surface area contributed by atoms with Crippen LogP contribution in [-0.2, 0) is 0 Å². The van der Waals surface area contributed by atoms with Gasteiger partial charge in [-0.05, 0) is 30.7 Å². The lowest BCUT2D eigenvalue weighted by Gasteiger charge is -1.98. The minimum Gasteiger partial charge on any atom is -0.399 e. The highest BCUT2D eigenvalue weighted by atomic mass is 16.2. The van der Waals surface area contributed by atoms with Crippen LogP contribution in [0.2, 0.25) is 0 Å². The molecule has 0 aliphatic carbocycles. The van der Waals surface area contributed by atoms with E-state index in [0.29, 0.717) is 6.42 Å². The highest BCUT2D eigenvalue weighted by Gasteiger charge is 1.92. The van der Waals surface area contributed by atoms with E-state index in [1.165, 1.54) is 0 Å². The third-order valence-electron chi connectivity index (χ3n) is 1.74. The van der Waals surface area contributed by atoms with Crippen molar-refractivity contribution in [2.45, 2.75) is 13.3 Å². The molecule has 68 valence electrons. The molecular formula is C11H13NO. The van der Waals surface area contributed by atoms with E-state index in [0.717, 1.165) is 16.8 Å². The van der Waals surface area contributed by atoms with Gasteiger partial charge in [-0.3, -0.25) is 0 Å². The van der Waals surface area contributed by atoms with Crippen LogP contribution in [0.3, 0.4) is 0 Å². The van der Waals surface area contributed by atoms with E-state index in [2.05, 4.69) is 11.8 Å². The summed E-state index contributed by atoms with van der Waals surface area (Å²) >= 11 is 0. The zero-order valence-electron chi connectivity index (χ0n) is 7.67. The molecule has 0 radical (unpaired) electrons. The first-order chi connectivity index (χ1) is 6.24. The number of aliphatic hydroxyl groups excluding tert-OH is 1. The van der Waals surface area contributed by atoms with Crippen LogP contribution in [0.4, 0.5) is 5.69 Å². The first-order valence-corrected chi connectivity index (χ1v) is 4.20. The molecule has 0 amide bonds. The average molecular weight is 175 g/mol. The summed E-state index contributed by atoms with van der Waals surface area (Å²) in [5.74, 6) is 5.81. The van der Waals surface area contributed by atoms with Crippen LogP contribution in [0.1, 0.15) is 17.5 Å². The van der Waals surface area contributed by atoms with Gasteiger partial charge in [-0.1, -0.05) is 11.8 Å². The largest absolute Gasteiger partial charge is 0.399 e. The van der Waals surface area contributed by atoms with Crippen LogP contribution in [0, 0.1) is 18.8 Å². The Morgan fingerprint density at radius 1 is 1.46 bits per heavy atom. The Bertz CT molecular complexity index is 347. The highest BCUT2D eigenvalue weighted by Crippen LogP contribution is 2.11. The quantitative estimate of drug-likeness (QED) is 0.499.